The summed E-state index contributed by atoms with van der Waals surface area (Å²) in [4.78, 5) is 40.5. The van der Waals surface area contributed by atoms with Gasteiger partial charge in [-0.1, -0.05) is 18.2 Å². The Bertz CT molecular complexity index is 1350. The molecule has 0 aliphatic heterocycles. The molecule has 1 heterocycles. The number of anilines is 3. The first-order valence-corrected chi connectivity index (χ1v) is 11.5. The van der Waals surface area contributed by atoms with Gasteiger partial charge >= 0.3 is 6.09 Å². The topological polar surface area (TPSA) is 156 Å². The summed E-state index contributed by atoms with van der Waals surface area (Å²) < 4.78 is 0. The Morgan fingerprint density at radius 1 is 0.973 bits per heavy atom. The molecule has 0 bridgehead atoms. The number of nitrogens with zero attached hydrogens (tertiary/aromatic N) is 2. The molecule has 0 radical (unpaired) electrons. The fraction of sp³-hybridized carbons (Fsp3) is 0.222. The van der Waals surface area contributed by atoms with Crippen LogP contribution in [0.5, 0.6) is 0 Å². The van der Waals surface area contributed by atoms with Crippen molar-refractivity contribution in [2.75, 3.05) is 29.0 Å². The highest BCUT2D eigenvalue weighted by Gasteiger charge is 2.21. The Labute approximate surface area is 214 Å². The van der Waals surface area contributed by atoms with Crippen molar-refractivity contribution in [3.63, 3.8) is 0 Å². The fourth-order valence-corrected chi connectivity index (χ4v) is 3.39. The van der Waals surface area contributed by atoms with Crippen LogP contribution >= 0.6 is 0 Å². The molecule has 3 aromatic rings. The van der Waals surface area contributed by atoms with Crippen molar-refractivity contribution in [3.05, 3.63) is 83.0 Å². The molecule has 0 fully saturated rings. The summed E-state index contributed by atoms with van der Waals surface area (Å²) in [6, 6.07) is 17.5. The zero-order chi connectivity index (χ0) is 27.0. The van der Waals surface area contributed by atoms with Crippen LogP contribution in [0, 0.1) is 18.3 Å². The van der Waals surface area contributed by atoms with Gasteiger partial charge in [0.15, 0.2) is 0 Å². The van der Waals surface area contributed by atoms with E-state index in [4.69, 9.17) is 5.11 Å². The van der Waals surface area contributed by atoms with E-state index in [1.807, 2.05) is 6.07 Å². The lowest BCUT2D eigenvalue weighted by Crippen LogP contribution is -2.27. The summed E-state index contributed by atoms with van der Waals surface area (Å²) >= 11 is 0. The van der Waals surface area contributed by atoms with Gasteiger partial charge in [-0.2, -0.15) is 5.26 Å². The molecule has 10 nitrogen and oxygen atoms in total. The molecule has 1 aromatic heterocycles. The highest BCUT2D eigenvalue weighted by atomic mass is 16.4. The van der Waals surface area contributed by atoms with Gasteiger partial charge in [0.1, 0.15) is 5.82 Å². The van der Waals surface area contributed by atoms with E-state index in [1.54, 1.807) is 69.3 Å². The molecule has 3 rings (SSSR count). The Balaban J connectivity index is 1.66. The number of hydrogen-bond acceptors (Lipinski definition) is 6. The van der Waals surface area contributed by atoms with Gasteiger partial charge in [0.2, 0.25) is 0 Å². The van der Waals surface area contributed by atoms with Crippen LogP contribution in [-0.4, -0.2) is 41.1 Å². The van der Waals surface area contributed by atoms with Gasteiger partial charge < -0.3 is 26.4 Å². The van der Waals surface area contributed by atoms with Gasteiger partial charge in [0.05, 0.1) is 23.4 Å². The third-order valence-electron chi connectivity index (χ3n) is 5.59. The number of carbonyl (C=O) groups is 3. The van der Waals surface area contributed by atoms with Crippen LogP contribution in [-0.2, 0) is 5.41 Å². The van der Waals surface area contributed by atoms with Crippen molar-refractivity contribution >= 4 is 35.1 Å². The minimum absolute atomic E-state index is 0.227. The van der Waals surface area contributed by atoms with E-state index >= 15 is 0 Å². The first kappa shape index (κ1) is 26.7. The highest BCUT2D eigenvalue weighted by Crippen LogP contribution is 2.24. The molecular weight excluding hydrogens is 472 g/mol. The lowest BCUT2D eigenvalue weighted by molar-refractivity contribution is 0.101. The number of aromatic nitrogens is 1. The van der Waals surface area contributed by atoms with Crippen LogP contribution in [0.3, 0.4) is 0 Å². The smallest absolute Gasteiger partial charge is 0.404 e. The number of carbonyl (C=O) groups excluding carboxylic acids is 2. The van der Waals surface area contributed by atoms with Crippen molar-refractivity contribution in [2.45, 2.75) is 26.2 Å². The van der Waals surface area contributed by atoms with Crippen LogP contribution in [0.25, 0.3) is 0 Å². The molecule has 0 atom stereocenters. The summed E-state index contributed by atoms with van der Waals surface area (Å²) in [5, 5.41) is 28.8. The first-order valence-electron chi connectivity index (χ1n) is 11.5. The third-order valence-corrected chi connectivity index (χ3v) is 5.59. The molecule has 2 aromatic carbocycles. The van der Waals surface area contributed by atoms with E-state index in [9.17, 15) is 19.6 Å². The maximum Gasteiger partial charge on any atom is 0.404 e. The van der Waals surface area contributed by atoms with Crippen LogP contribution in [0.1, 0.15) is 45.7 Å². The molecule has 0 aliphatic rings. The SMILES string of the molecule is Cc1ccc(NC(=O)c2cccc(C(C)(C)C#N)c2)cc1C(=O)Nc1ccc(NCCNC(=O)O)nc1. The van der Waals surface area contributed by atoms with Gasteiger partial charge in [-0.25, -0.2) is 9.78 Å². The van der Waals surface area contributed by atoms with E-state index in [2.05, 4.69) is 32.3 Å². The average molecular weight is 501 g/mol. The van der Waals surface area contributed by atoms with E-state index in [1.165, 1.54) is 6.20 Å². The summed E-state index contributed by atoms with van der Waals surface area (Å²) in [7, 11) is 0. The second-order valence-corrected chi connectivity index (χ2v) is 8.85. The number of aryl methyl sites for hydroxylation is 1. The molecule has 0 unspecified atom stereocenters. The molecule has 10 heteroatoms. The maximum atomic E-state index is 12.9. The standard InChI is InChI=1S/C27H28N6O4/c1-17-7-8-20(32-24(34)18-5-4-6-19(13-18)27(2,3)16-28)14-22(17)25(35)33-21-9-10-23(31-15-21)29-11-12-30-26(36)37/h4-10,13-15,30H,11-12H2,1-3H3,(H,29,31)(H,32,34)(H,33,35)(H,36,37). The molecular formula is C27H28N6O4. The van der Waals surface area contributed by atoms with Crippen molar-refractivity contribution in [1.82, 2.24) is 10.3 Å². The minimum atomic E-state index is -1.10. The molecule has 5 N–H and O–H groups in total. The number of hydrogen-bond donors (Lipinski definition) is 5. The quantitative estimate of drug-likeness (QED) is 0.273. The number of carboxylic acid groups (broad SMARTS) is 1. The third kappa shape index (κ3) is 7.29. The van der Waals surface area contributed by atoms with E-state index in [0.29, 0.717) is 34.9 Å². The predicted octanol–water partition coefficient (Wildman–Crippen LogP) is 4.38. The number of benzene rings is 2. The van der Waals surface area contributed by atoms with Crippen LogP contribution in [0.15, 0.2) is 60.8 Å². The summed E-state index contributed by atoms with van der Waals surface area (Å²) in [6.07, 6.45) is 0.391. The van der Waals surface area contributed by atoms with Gasteiger partial charge in [-0.15, -0.1) is 0 Å². The van der Waals surface area contributed by atoms with E-state index < -0.39 is 11.5 Å². The fourth-order valence-electron chi connectivity index (χ4n) is 3.39. The van der Waals surface area contributed by atoms with Crippen molar-refractivity contribution in [3.8, 4) is 6.07 Å². The molecule has 0 saturated heterocycles. The average Bonchev–Trinajstić information content (AvgIpc) is 2.88. The normalized spacial score (nSPS) is 10.6. The predicted molar refractivity (Wildman–Crippen MR) is 141 cm³/mol. The molecule has 0 spiro atoms. The second kappa shape index (κ2) is 11.7. The van der Waals surface area contributed by atoms with Crippen molar-refractivity contribution < 1.29 is 19.5 Å². The van der Waals surface area contributed by atoms with Crippen molar-refractivity contribution in [1.29, 1.82) is 5.26 Å². The minimum Gasteiger partial charge on any atom is -0.465 e. The second-order valence-electron chi connectivity index (χ2n) is 8.85. The van der Waals surface area contributed by atoms with Gasteiger partial charge in [0.25, 0.3) is 11.8 Å². The summed E-state index contributed by atoms with van der Waals surface area (Å²) in [5.74, 6) is -0.176. The Morgan fingerprint density at radius 2 is 1.70 bits per heavy atom. The Morgan fingerprint density at radius 3 is 2.38 bits per heavy atom. The van der Waals surface area contributed by atoms with Gasteiger partial charge in [-0.05, 0) is 68.3 Å². The largest absolute Gasteiger partial charge is 0.465 e. The van der Waals surface area contributed by atoms with E-state index in [-0.39, 0.29) is 18.4 Å². The molecule has 3 amide bonds. The number of nitriles is 1. The highest BCUT2D eigenvalue weighted by molar-refractivity contribution is 6.08. The Kier molecular flexibility index (Phi) is 8.43. The number of pyridine rings is 1. The first-order chi connectivity index (χ1) is 17.6. The lowest BCUT2D eigenvalue weighted by atomic mass is 9.85. The zero-order valence-corrected chi connectivity index (χ0v) is 20.8. The van der Waals surface area contributed by atoms with Crippen LogP contribution in [0.4, 0.5) is 22.0 Å². The zero-order valence-electron chi connectivity index (χ0n) is 20.8. The van der Waals surface area contributed by atoms with Crippen molar-refractivity contribution in [2.24, 2.45) is 0 Å². The number of nitrogens with one attached hydrogen (secondary N) is 4. The summed E-state index contributed by atoms with van der Waals surface area (Å²) in [6.45, 7) is 5.96. The van der Waals surface area contributed by atoms with Gasteiger partial charge in [0, 0.05) is 29.9 Å². The Hall–Kier alpha value is -4.91. The van der Waals surface area contributed by atoms with Gasteiger partial charge in [-0.3, -0.25) is 9.59 Å². The molecule has 0 saturated carbocycles. The monoisotopic (exact) mass is 500 g/mol. The molecule has 37 heavy (non-hydrogen) atoms. The van der Waals surface area contributed by atoms with Crippen LogP contribution in [0.2, 0.25) is 0 Å². The lowest BCUT2D eigenvalue weighted by Gasteiger charge is -2.16. The van der Waals surface area contributed by atoms with Crippen LogP contribution < -0.4 is 21.3 Å². The molecule has 190 valence electrons. The summed E-state index contributed by atoms with van der Waals surface area (Å²) in [5.41, 5.74) is 2.46. The number of rotatable bonds is 9. The number of amides is 3. The van der Waals surface area contributed by atoms with E-state index in [0.717, 1.165) is 11.1 Å². The molecule has 0 aliphatic carbocycles. The maximum absolute atomic E-state index is 12.9.